The lowest BCUT2D eigenvalue weighted by atomic mass is 9.85. The fraction of sp³-hybridized carbons (Fsp3) is 0.450. The first-order chi connectivity index (χ1) is 12.1. The molecule has 1 aromatic rings. The van der Waals surface area contributed by atoms with Gasteiger partial charge in [-0.1, -0.05) is 31.2 Å². The maximum absolute atomic E-state index is 12.6. The Morgan fingerprint density at radius 2 is 1.68 bits per heavy atom. The zero-order valence-electron chi connectivity index (χ0n) is 14.3. The zero-order valence-corrected chi connectivity index (χ0v) is 14.3. The normalized spacial score (nSPS) is 29.4. The molecule has 0 unspecified atom stereocenters. The van der Waals surface area contributed by atoms with Crippen LogP contribution < -0.4 is 5.32 Å². The van der Waals surface area contributed by atoms with Crippen molar-refractivity contribution in [3.05, 3.63) is 42.0 Å². The van der Waals surface area contributed by atoms with Crippen molar-refractivity contribution in [2.24, 2.45) is 23.7 Å². The van der Waals surface area contributed by atoms with Crippen LogP contribution in [0, 0.1) is 23.7 Å². The van der Waals surface area contributed by atoms with Crippen LogP contribution in [0.2, 0.25) is 0 Å². The number of likely N-dealkylation sites (tertiary alicyclic amines) is 1. The van der Waals surface area contributed by atoms with Gasteiger partial charge in [0.15, 0.2) is 0 Å². The topological polar surface area (TPSA) is 66.5 Å². The Bertz CT molecular complexity index is 723. The molecule has 3 amide bonds. The van der Waals surface area contributed by atoms with Crippen molar-refractivity contribution in [1.29, 1.82) is 0 Å². The number of fused-ring (bicyclic) bond motifs is 5. The number of nitrogens with zero attached hydrogens (tertiary/aromatic N) is 1. The summed E-state index contributed by atoms with van der Waals surface area (Å²) in [6.07, 6.45) is 6.16. The molecule has 1 aliphatic heterocycles. The van der Waals surface area contributed by atoms with Gasteiger partial charge in [-0.3, -0.25) is 19.3 Å². The van der Waals surface area contributed by atoms with Crippen molar-refractivity contribution >= 4 is 23.4 Å². The van der Waals surface area contributed by atoms with Crippen molar-refractivity contribution in [1.82, 2.24) is 4.90 Å². The Morgan fingerprint density at radius 1 is 1.08 bits per heavy atom. The first kappa shape index (κ1) is 16.1. The third-order valence-corrected chi connectivity index (χ3v) is 5.77. The van der Waals surface area contributed by atoms with E-state index in [9.17, 15) is 14.4 Å². The number of benzene rings is 1. The van der Waals surface area contributed by atoms with Crippen LogP contribution in [0.3, 0.4) is 0 Å². The number of hydrogen-bond donors (Lipinski definition) is 1. The summed E-state index contributed by atoms with van der Waals surface area (Å²) < 4.78 is 0. The molecule has 1 N–H and O–H groups in total. The summed E-state index contributed by atoms with van der Waals surface area (Å²) in [5.74, 6) is -0.314. The molecule has 1 saturated heterocycles. The molecule has 0 spiro atoms. The summed E-state index contributed by atoms with van der Waals surface area (Å²) in [6.45, 7) is 2.25. The highest BCUT2D eigenvalue weighted by atomic mass is 16.2. The van der Waals surface area contributed by atoms with Crippen molar-refractivity contribution in [3.63, 3.8) is 0 Å². The highest BCUT2D eigenvalue weighted by Crippen LogP contribution is 2.52. The van der Waals surface area contributed by atoms with E-state index in [-0.39, 0.29) is 54.4 Å². The second-order valence-electron chi connectivity index (χ2n) is 7.18. The quantitative estimate of drug-likeness (QED) is 0.662. The second-order valence-corrected chi connectivity index (χ2v) is 7.18. The van der Waals surface area contributed by atoms with E-state index in [0.29, 0.717) is 0 Å². The number of carbonyl (C=O) groups is 3. The maximum atomic E-state index is 12.6. The van der Waals surface area contributed by atoms with E-state index in [1.807, 2.05) is 24.3 Å². The van der Waals surface area contributed by atoms with Gasteiger partial charge in [0.05, 0.1) is 11.8 Å². The van der Waals surface area contributed by atoms with E-state index < -0.39 is 0 Å². The third kappa shape index (κ3) is 2.68. The Labute approximate surface area is 147 Å². The molecule has 1 heterocycles. The van der Waals surface area contributed by atoms with Crippen LogP contribution in [0.25, 0.3) is 0 Å². The summed E-state index contributed by atoms with van der Waals surface area (Å²) in [4.78, 5) is 38.6. The lowest BCUT2D eigenvalue weighted by Gasteiger charge is -2.17. The molecule has 2 aliphatic carbocycles. The smallest absolute Gasteiger partial charge is 0.233 e. The predicted molar refractivity (Wildman–Crippen MR) is 93.5 cm³/mol. The minimum atomic E-state index is -0.188. The Kier molecular flexibility index (Phi) is 3.94. The Morgan fingerprint density at radius 3 is 2.24 bits per heavy atom. The van der Waals surface area contributed by atoms with Crippen LogP contribution in [0.1, 0.15) is 25.3 Å². The molecule has 5 heteroatoms. The summed E-state index contributed by atoms with van der Waals surface area (Å²) in [7, 11) is 0. The van der Waals surface area contributed by atoms with Crippen LogP contribution in [0.5, 0.6) is 0 Å². The molecule has 4 atom stereocenters. The highest BCUT2D eigenvalue weighted by molar-refractivity contribution is 6.06. The SMILES string of the molecule is CCc1ccc(NC(=O)CCN2C(=O)[C@H]3[C@H](C2=O)[C@H]2C=C[C@H]3C2)cc1. The van der Waals surface area contributed by atoms with Crippen LogP contribution in [-0.2, 0) is 20.8 Å². The molecule has 130 valence electrons. The van der Waals surface area contributed by atoms with Gasteiger partial charge in [-0.25, -0.2) is 0 Å². The van der Waals surface area contributed by atoms with Gasteiger partial charge < -0.3 is 5.32 Å². The fourth-order valence-corrected chi connectivity index (χ4v) is 4.45. The molecule has 25 heavy (non-hydrogen) atoms. The second kappa shape index (κ2) is 6.14. The summed E-state index contributed by atoms with van der Waals surface area (Å²) in [5, 5.41) is 2.83. The number of hydrogen-bond acceptors (Lipinski definition) is 3. The molecule has 1 aromatic carbocycles. The van der Waals surface area contributed by atoms with Gasteiger partial charge in [0.1, 0.15) is 0 Å². The number of anilines is 1. The van der Waals surface area contributed by atoms with E-state index in [4.69, 9.17) is 0 Å². The number of rotatable bonds is 5. The standard InChI is InChI=1S/C20H22N2O3/c1-2-12-3-7-15(8-4-12)21-16(23)9-10-22-19(24)17-13-5-6-14(11-13)18(17)20(22)25/h3-8,13-14,17-18H,2,9-11H2,1H3,(H,21,23)/t13-,14-,17+,18+/m0/s1. The molecular weight excluding hydrogens is 316 g/mol. The van der Waals surface area contributed by atoms with Gasteiger partial charge >= 0.3 is 0 Å². The first-order valence-corrected chi connectivity index (χ1v) is 9.01. The predicted octanol–water partition coefficient (Wildman–Crippen LogP) is 2.38. The Hall–Kier alpha value is -2.43. The molecule has 1 saturated carbocycles. The molecule has 4 rings (SSSR count). The number of imide groups is 1. The molecule has 0 aromatic heterocycles. The first-order valence-electron chi connectivity index (χ1n) is 9.01. The van der Waals surface area contributed by atoms with E-state index in [1.165, 1.54) is 10.5 Å². The monoisotopic (exact) mass is 338 g/mol. The van der Waals surface area contributed by atoms with E-state index >= 15 is 0 Å². The highest BCUT2D eigenvalue weighted by Gasteiger charge is 2.58. The molecule has 0 radical (unpaired) electrons. The summed E-state index contributed by atoms with van der Waals surface area (Å²) >= 11 is 0. The number of carbonyl (C=O) groups excluding carboxylic acids is 3. The fourth-order valence-electron chi connectivity index (χ4n) is 4.45. The average molecular weight is 338 g/mol. The van der Waals surface area contributed by atoms with Crippen LogP contribution >= 0.6 is 0 Å². The van der Waals surface area contributed by atoms with Gasteiger partial charge in [-0.05, 0) is 42.4 Å². The summed E-state index contributed by atoms with van der Waals surface area (Å²) in [6, 6.07) is 7.70. The van der Waals surface area contributed by atoms with Crippen molar-refractivity contribution in [3.8, 4) is 0 Å². The number of amides is 3. The van der Waals surface area contributed by atoms with Crippen LogP contribution in [-0.4, -0.2) is 29.2 Å². The molecule has 2 bridgehead atoms. The molecular formula is C20H22N2O3. The van der Waals surface area contributed by atoms with Crippen molar-refractivity contribution in [2.75, 3.05) is 11.9 Å². The van der Waals surface area contributed by atoms with Gasteiger partial charge in [0, 0.05) is 18.7 Å². The van der Waals surface area contributed by atoms with E-state index in [0.717, 1.165) is 18.5 Å². The Balaban J connectivity index is 1.34. The number of nitrogens with one attached hydrogen (secondary N) is 1. The van der Waals surface area contributed by atoms with E-state index in [1.54, 1.807) is 0 Å². The molecule has 5 nitrogen and oxygen atoms in total. The average Bonchev–Trinajstić information content (AvgIpc) is 3.29. The zero-order chi connectivity index (χ0) is 17.6. The summed E-state index contributed by atoms with van der Waals surface area (Å²) in [5.41, 5.74) is 1.95. The molecule has 3 aliphatic rings. The van der Waals surface area contributed by atoms with Gasteiger partial charge in [0.2, 0.25) is 17.7 Å². The van der Waals surface area contributed by atoms with Crippen LogP contribution in [0.15, 0.2) is 36.4 Å². The van der Waals surface area contributed by atoms with Crippen molar-refractivity contribution < 1.29 is 14.4 Å². The lowest BCUT2D eigenvalue weighted by Crippen LogP contribution is -2.35. The van der Waals surface area contributed by atoms with Crippen LogP contribution in [0.4, 0.5) is 5.69 Å². The van der Waals surface area contributed by atoms with Gasteiger partial charge in [0.25, 0.3) is 0 Å². The number of allylic oxidation sites excluding steroid dienone is 2. The maximum Gasteiger partial charge on any atom is 0.233 e. The van der Waals surface area contributed by atoms with Gasteiger partial charge in [-0.15, -0.1) is 0 Å². The van der Waals surface area contributed by atoms with E-state index in [2.05, 4.69) is 24.4 Å². The number of aryl methyl sites for hydroxylation is 1. The molecule has 2 fully saturated rings. The third-order valence-electron chi connectivity index (χ3n) is 5.77. The van der Waals surface area contributed by atoms with Crippen molar-refractivity contribution in [2.45, 2.75) is 26.2 Å². The largest absolute Gasteiger partial charge is 0.326 e. The minimum absolute atomic E-state index is 0.0908. The van der Waals surface area contributed by atoms with Gasteiger partial charge in [-0.2, -0.15) is 0 Å². The lowest BCUT2D eigenvalue weighted by molar-refractivity contribution is -0.140. The minimum Gasteiger partial charge on any atom is -0.326 e.